The van der Waals surface area contributed by atoms with Gasteiger partial charge in [-0.15, -0.1) is 0 Å². The fraction of sp³-hybridized carbons (Fsp3) is 0.368. The summed E-state index contributed by atoms with van der Waals surface area (Å²) in [4.78, 5) is 2.61. The Balaban J connectivity index is 1.96. The molecule has 3 rings (SSSR count). The Morgan fingerprint density at radius 3 is 1.67 bits per heavy atom. The summed E-state index contributed by atoms with van der Waals surface area (Å²) >= 11 is 0. The summed E-state index contributed by atoms with van der Waals surface area (Å²) in [5, 5.41) is 3.63. The van der Waals surface area contributed by atoms with Crippen LogP contribution in [0.15, 0.2) is 60.7 Å². The van der Waals surface area contributed by atoms with Crippen LogP contribution in [0.1, 0.15) is 31.0 Å². The van der Waals surface area contributed by atoms with Crippen molar-refractivity contribution in [3.8, 4) is 0 Å². The summed E-state index contributed by atoms with van der Waals surface area (Å²) in [5.41, 5.74) is 2.76. The summed E-state index contributed by atoms with van der Waals surface area (Å²) in [6, 6.07) is 23.1. The van der Waals surface area contributed by atoms with Crippen molar-refractivity contribution in [1.29, 1.82) is 0 Å². The normalized spacial score (nSPS) is 23.4. The van der Waals surface area contributed by atoms with Crippen LogP contribution >= 0.6 is 0 Å². The van der Waals surface area contributed by atoms with Crippen LogP contribution in [-0.2, 0) is 0 Å². The SMILES string of the molecule is C[C@@H]1CN(C(c2ccccc2)c2ccccc2)C[C@H](C)N1. The van der Waals surface area contributed by atoms with Crippen molar-refractivity contribution in [2.75, 3.05) is 13.1 Å². The van der Waals surface area contributed by atoms with Gasteiger partial charge in [0.25, 0.3) is 0 Å². The summed E-state index contributed by atoms with van der Waals surface area (Å²) in [6.45, 7) is 6.71. The van der Waals surface area contributed by atoms with Crippen molar-refractivity contribution in [1.82, 2.24) is 10.2 Å². The highest BCUT2D eigenvalue weighted by atomic mass is 15.2. The highest BCUT2D eigenvalue weighted by molar-refractivity contribution is 5.32. The Morgan fingerprint density at radius 1 is 0.810 bits per heavy atom. The van der Waals surface area contributed by atoms with Crippen LogP contribution in [0.3, 0.4) is 0 Å². The Labute approximate surface area is 127 Å². The fourth-order valence-electron chi connectivity index (χ4n) is 3.46. The van der Waals surface area contributed by atoms with E-state index in [1.807, 2.05) is 0 Å². The average Bonchev–Trinajstić information content (AvgIpc) is 2.49. The maximum absolute atomic E-state index is 3.63. The molecule has 1 saturated heterocycles. The van der Waals surface area contributed by atoms with E-state index in [1.54, 1.807) is 0 Å². The van der Waals surface area contributed by atoms with Gasteiger partial charge in [-0.2, -0.15) is 0 Å². The first kappa shape index (κ1) is 14.3. The summed E-state index contributed by atoms with van der Waals surface area (Å²) in [6.07, 6.45) is 0. The average molecular weight is 280 g/mol. The number of benzene rings is 2. The molecule has 0 saturated carbocycles. The zero-order valence-electron chi connectivity index (χ0n) is 12.9. The third kappa shape index (κ3) is 3.34. The van der Waals surface area contributed by atoms with Gasteiger partial charge >= 0.3 is 0 Å². The largest absolute Gasteiger partial charge is 0.309 e. The number of piperazine rings is 1. The molecule has 21 heavy (non-hydrogen) atoms. The minimum Gasteiger partial charge on any atom is -0.309 e. The molecule has 0 aliphatic carbocycles. The predicted molar refractivity (Wildman–Crippen MR) is 88.4 cm³/mol. The zero-order chi connectivity index (χ0) is 14.7. The van der Waals surface area contributed by atoms with Crippen LogP contribution < -0.4 is 5.32 Å². The molecule has 0 unspecified atom stereocenters. The molecule has 1 aliphatic heterocycles. The van der Waals surface area contributed by atoms with Gasteiger partial charge in [0.15, 0.2) is 0 Å². The second-order valence-electron chi connectivity index (χ2n) is 6.15. The van der Waals surface area contributed by atoms with E-state index in [-0.39, 0.29) is 0 Å². The maximum Gasteiger partial charge on any atom is 0.0602 e. The Kier molecular flexibility index (Phi) is 4.37. The Morgan fingerprint density at radius 2 is 1.24 bits per heavy atom. The van der Waals surface area contributed by atoms with Crippen molar-refractivity contribution < 1.29 is 0 Å². The lowest BCUT2D eigenvalue weighted by Crippen LogP contribution is -2.55. The molecule has 2 aromatic carbocycles. The molecule has 0 aromatic heterocycles. The molecule has 0 radical (unpaired) electrons. The van der Waals surface area contributed by atoms with E-state index in [9.17, 15) is 0 Å². The molecule has 2 nitrogen and oxygen atoms in total. The number of nitrogens with zero attached hydrogens (tertiary/aromatic N) is 1. The molecule has 2 heteroatoms. The third-order valence-corrected chi connectivity index (χ3v) is 4.18. The summed E-state index contributed by atoms with van der Waals surface area (Å²) in [5.74, 6) is 0. The molecule has 1 fully saturated rings. The Hall–Kier alpha value is -1.64. The molecule has 1 heterocycles. The van der Waals surface area contributed by atoms with Crippen LogP contribution in [0, 0.1) is 0 Å². The monoisotopic (exact) mass is 280 g/mol. The molecule has 0 amide bonds. The maximum atomic E-state index is 3.63. The van der Waals surface area contributed by atoms with E-state index in [0.717, 1.165) is 13.1 Å². The van der Waals surface area contributed by atoms with E-state index in [0.29, 0.717) is 18.1 Å². The van der Waals surface area contributed by atoms with Gasteiger partial charge in [0.2, 0.25) is 0 Å². The van der Waals surface area contributed by atoms with E-state index < -0.39 is 0 Å². The number of rotatable bonds is 3. The highest BCUT2D eigenvalue weighted by Crippen LogP contribution is 2.29. The van der Waals surface area contributed by atoms with E-state index >= 15 is 0 Å². The highest BCUT2D eigenvalue weighted by Gasteiger charge is 2.28. The van der Waals surface area contributed by atoms with Crippen molar-refractivity contribution in [3.63, 3.8) is 0 Å². The van der Waals surface area contributed by atoms with Gasteiger partial charge in [-0.1, -0.05) is 60.7 Å². The van der Waals surface area contributed by atoms with E-state index in [1.165, 1.54) is 11.1 Å². The first-order valence-corrected chi connectivity index (χ1v) is 7.84. The molecule has 2 aromatic rings. The first-order chi connectivity index (χ1) is 10.2. The van der Waals surface area contributed by atoms with Gasteiger partial charge in [-0.3, -0.25) is 4.90 Å². The molecular formula is C19H24N2. The van der Waals surface area contributed by atoms with Crippen molar-refractivity contribution in [3.05, 3.63) is 71.8 Å². The van der Waals surface area contributed by atoms with Crippen molar-refractivity contribution in [2.45, 2.75) is 32.0 Å². The minimum atomic E-state index is 0.347. The van der Waals surface area contributed by atoms with Crippen molar-refractivity contribution in [2.24, 2.45) is 0 Å². The minimum absolute atomic E-state index is 0.347. The van der Waals surface area contributed by atoms with Crippen LogP contribution in [-0.4, -0.2) is 30.1 Å². The van der Waals surface area contributed by atoms with Gasteiger partial charge in [0.05, 0.1) is 6.04 Å². The lowest BCUT2D eigenvalue weighted by Gasteiger charge is -2.41. The topological polar surface area (TPSA) is 15.3 Å². The quantitative estimate of drug-likeness (QED) is 0.926. The summed E-state index contributed by atoms with van der Waals surface area (Å²) < 4.78 is 0. The zero-order valence-corrected chi connectivity index (χ0v) is 12.9. The number of nitrogens with one attached hydrogen (secondary N) is 1. The second kappa shape index (κ2) is 6.42. The molecule has 1 N–H and O–H groups in total. The van der Waals surface area contributed by atoms with Crippen LogP contribution in [0.2, 0.25) is 0 Å². The number of hydrogen-bond acceptors (Lipinski definition) is 2. The molecule has 2 atom stereocenters. The van der Waals surface area contributed by atoms with Crippen LogP contribution in [0.4, 0.5) is 0 Å². The van der Waals surface area contributed by atoms with Crippen LogP contribution in [0.25, 0.3) is 0 Å². The molecule has 1 aliphatic rings. The lowest BCUT2D eigenvalue weighted by atomic mass is 9.95. The first-order valence-electron chi connectivity index (χ1n) is 7.84. The van der Waals surface area contributed by atoms with Gasteiger partial charge in [0.1, 0.15) is 0 Å². The van der Waals surface area contributed by atoms with Gasteiger partial charge in [-0.05, 0) is 25.0 Å². The predicted octanol–water partition coefficient (Wildman–Crippen LogP) is 3.46. The standard InChI is InChI=1S/C19H24N2/c1-15-13-21(14-16(2)20-15)19(17-9-5-3-6-10-17)18-11-7-4-8-12-18/h3-12,15-16,19-20H,13-14H2,1-2H3/t15-,16+. The summed E-state index contributed by atoms with van der Waals surface area (Å²) in [7, 11) is 0. The Bertz CT molecular complexity index is 503. The third-order valence-electron chi connectivity index (χ3n) is 4.18. The molecule has 110 valence electrons. The molecular weight excluding hydrogens is 256 g/mol. The van der Waals surface area contributed by atoms with Crippen molar-refractivity contribution >= 4 is 0 Å². The number of hydrogen-bond donors (Lipinski definition) is 1. The van der Waals surface area contributed by atoms with Gasteiger partial charge < -0.3 is 5.32 Å². The van der Waals surface area contributed by atoms with Crippen LogP contribution in [0.5, 0.6) is 0 Å². The van der Waals surface area contributed by atoms with E-state index in [4.69, 9.17) is 0 Å². The smallest absolute Gasteiger partial charge is 0.0602 e. The fourth-order valence-corrected chi connectivity index (χ4v) is 3.46. The molecule has 0 bridgehead atoms. The van der Waals surface area contributed by atoms with Gasteiger partial charge in [0, 0.05) is 25.2 Å². The molecule has 0 spiro atoms. The van der Waals surface area contributed by atoms with Gasteiger partial charge in [-0.25, -0.2) is 0 Å². The lowest BCUT2D eigenvalue weighted by molar-refractivity contribution is 0.141. The van der Waals surface area contributed by atoms with E-state index in [2.05, 4.69) is 84.7 Å². The second-order valence-corrected chi connectivity index (χ2v) is 6.15.